The number of carbonyl (C=O) groups is 3. The van der Waals surface area contributed by atoms with Crippen LogP contribution in [0.4, 0.5) is 5.69 Å². The molecule has 1 aliphatic heterocycles. The fourth-order valence-electron chi connectivity index (χ4n) is 3.77. The number of nitrogens with zero attached hydrogens (tertiary/aromatic N) is 1. The van der Waals surface area contributed by atoms with Crippen molar-refractivity contribution < 1.29 is 33.9 Å². The van der Waals surface area contributed by atoms with Crippen molar-refractivity contribution in [3.05, 3.63) is 62.5 Å². The Morgan fingerprint density at radius 2 is 1.70 bits per heavy atom. The number of ether oxygens (including phenoxy) is 2. The van der Waals surface area contributed by atoms with Gasteiger partial charge >= 0.3 is 17.9 Å². The lowest BCUT2D eigenvalue weighted by atomic mass is 9.80. The first-order valence-electron chi connectivity index (χ1n) is 10.6. The van der Waals surface area contributed by atoms with Crippen LogP contribution in [0.5, 0.6) is 0 Å². The lowest BCUT2D eigenvalue weighted by Gasteiger charge is -2.30. The molecule has 0 aromatic heterocycles. The van der Waals surface area contributed by atoms with E-state index in [2.05, 4.69) is 5.32 Å². The molecule has 1 aromatic rings. The standard InChI is InChI=1S/C23H28N2O8/c1-14-19(22(28)32-3)21(16-9-8-10-17(13-16)25(30)31)20(15(2)24-14)23(29)33-12-7-5-4-6-11-18(26)27/h8-10,13,21,24H,4-7,11-12H2,1-3H3,(H,26,27). The molecule has 178 valence electrons. The number of hydrogen-bond donors (Lipinski definition) is 2. The zero-order chi connectivity index (χ0) is 24.5. The molecule has 1 aromatic carbocycles. The van der Waals surface area contributed by atoms with Crippen LogP contribution in [0, 0.1) is 10.1 Å². The predicted molar refractivity (Wildman–Crippen MR) is 118 cm³/mol. The van der Waals surface area contributed by atoms with Crippen molar-refractivity contribution in [3.63, 3.8) is 0 Å². The molecule has 1 heterocycles. The van der Waals surface area contributed by atoms with Gasteiger partial charge in [0.05, 0.1) is 35.7 Å². The van der Waals surface area contributed by atoms with Crippen LogP contribution in [0.3, 0.4) is 0 Å². The highest BCUT2D eigenvalue weighted by atomic mass is 16.6. The van der Waals surface area contributed by atoms with Gasteiger partial charge in [-0.1, -0.05) is 25.0 Å². The molecule has 0 radical (unpaired) electrons. The number of carbonyl (C=O) groups excluding carboxylic acids is 2. The van der Waals surface area contributed by atoms with Gasteiger partial charge in [0, 0.05) is 29.9 Å². The average Bonchev–Trinajstić information content (AvgIpc) is 2.77. The molecule has 2 N–H and O–H groups in total. The highest BCUT2D eigenvalue weighted by Gasteiger charge is 2.38. The first-order valence-corrected chi connectivity index (χ1v) is 10.6. The number of nitrogens with one attached hydrogen (secondary N) is 1. The van der Waals surface area contributed by atoms with Crippen molar-refractivity contribution in [2.45, 2.75) is 51.9 Å². The number of carboxylic acid groups (broad SMARTS) is 1. The second-order valence-electron chi connectivity index (χ2n) is 7.67. The predicted octanol–water partition coefficient (Wildman–Crippen LogP) is 3.58. The number of aliphatic carboxylic acids is 1. The Labute approximate surface area is 191 Å². The van der Waals surface area contributed by atoms with E-state index in [4.69, 9.17) is 14.6 Å². The lowest BCUT2D eigenvalue weighted by Crippen LogP contribution is -2.32. The van der Waals surface area contributed by atoms with E-state index in [1.54, 1.807) is 19.9 Å². The van der Waals surface area contributed by atoms with Crippen LogP contribution in [0.25, 0.3) is 0 Å². The molecular weight excluding hydrogens is 432 g/mol. The topological polar surface area (TPSA) is 145 Å². The summed E-state index contributed by atoms with van der Waals surface area (Å²) in [4.78, 5) is 46.9. The second kappa shape index (κ2) is 11.8. The van der Waals surface area contributed by atoms with Crippen molar-refractivity contribution in [1.82, 2.24) is 5.32 Å². The van der Waals surface area contributed by atoms with E-state index < -0.39 is 28.7 Å². The molecule has 0 saturated heterocycles. The van der Waals surface area contributed by atoms with Crippen LogP contribution >= 0.6 is 0 Å². The number of non-ortho nitro benzene ring substituents is 1. The number of dihydropyridines is 1. The molecule has 10 heteroatoms. The monoisotopic (exact) mass is 460 g/mol. The smallest absolute Gasteiger partial charge is 0.336 e. The molecule has 0 amide bonds. The minimum absolute atomic E-state index is 0.102. The largest absolute Gasteiger partial charge is 0.481 e. The highest BCUT2D eigenvalue weighted by molar-refractivity contribution is 5.99. The van der Waals surface area contributed by atoms with Crippen molar-refractivity contribution in [2.24, 2.45) is 0 Å². The van der Waals surface area contributed by atoms with Crippen LogP contribution in [0.2, 0.25) is 0 Å². The van der Waals surface area contributed by atoms with Gasteiger partial charge in [-0.25, -0.2) is 9.59 Å². The number of esters is 2. The van der Waals surface area contributed by atoms with Crippen molar-refractivity contribution in [1.29, 1.82) is 0 Å². The third kappa shape index (κ3) is 6.64. The Morgan fingerprint density at radius 1 is 1.06 bits per heavy atom. The minimum Gasteiger partial charge on any atom is -0.481 e. The quantitative estimate of drug-likeness (QED) is 0.219. The average molecular weight is 460 g/mol. The number of nitro benzene ring substituents is 1. The number of allylic oxidation sites excluding steroid dienone is 2. The SMILES string of the molecule is COC(=O)C1=C(C)NC(C)=C(C(=O)OCCCCCCC(=O)O)C1c1cccc([N+](=O)[O-])c1. The van der Waals surface area contributed by atoms with Crippen LogP contribution in [-0.2, 0) is 23.9 Å². The number of unbranched alkanes of at least 4 members (excludes halogenated alkanes) is 3. The number of benzene rings is 1. The molecule has 10 nitrogen and oxygen atoms in total. The molecule has 1 unspecified atom stereocenters. The molecule has 1 atom stereocenters. The van der Waals surface area contributed by atoms with E-state index in [0.29, 0.717) is 42.6 Å². The summed E-state index contributed by atoms with van der Waals surface area (Å²) in [6.45, 7) is 3.46. The van der Waals surface area contributed by atoms with Gasteiger partial charge in [0.2, 0.25) is 0 Å². The van der Waals surface area contributed by atoms with Gasteiger partial charge in [-0.3, -0.25) is 14.9 Å². The summed E-state index contributed by atoms with van der Waals surface area (Å²) in [5.41, 5.74) is 1.52. The molecule has 0 bridgehead atoms. The number of rotatable bonds is 11. The number of nitro groups is 1. The van der Waals surface area contributed by atoms with Gasteiger partial charge in [-0.2, -0.15) is 0 Å². The van der Waals surface area contributed by atoms with Gasteiger partial charge in [0.25, 0.3) is 5.69 Å². The maximum atomic E-state index is 13.0. The fourth-order valence-corrected chi connectivity index (χ4v) is 3.77. The Balaban J connectivity index is 2.27. The Hall–Kier alpha value is -3.69. The zero-order valence-electron chi connectivity index (χ0n) is 18.9. The number of hydrogen-bond acceptors (Lipinski definition) is 8. The summed E-state index contributed by atoms with van der Waals surface area (Å²) in [5, 5.41) is 23.0. The normalized spacial score (nSPS) is 15.7. The van der Waals surface area contributed by atoms with Gasteiger partial charge in [0.1, 0.15) is 0 Å². The number of carboxylic acids is 1. The summed E-state index contributed by atoms with van der Waals surface area (Å²) in [6, 6.07) is 5.77. The van der Waals surface area contributed by atoms with E-state index in [1.807, 2.05) is 0 Å². The van der Waals surface area contributed by atoms with Crippen molar-refractivity contribution >= 4 is 23.6 Å². The maximum Gasteiger partial charge on any atom is 0.336 e. The Bertz CT molecular complexity index is 996. The van der Waals surface area contributed by atoms with Gasteiger partial charge in [-0.05, 0) is 32.3 Å². The third-order valence-electron chi connectivity index (χ3n) is 5.32. The van der Waals surface area contributed by atoms with Gasteiger partial charge in [-0.15, -0.1) is 0 Å². The molecule has 0 fully saturated rings. The van der Waals surface area contributed by atoms with Crippen molar-refractivity contribution in [3.8, 4) is 0 Å². The Kier molecular flexibility index (Phi) is 9.14. The van der Waals surface area contributed by atoms with Crippen LogP contribution in [0.1, 0.15) is 57.4 Å². The molecule has 0 aliphatic carbocycles. The first-order chi connectivity index (χ1) is 15.7. The van der Waals surface area contributed by atoms with Crippen LogP contribution in [0.15, 0.2) is 46.8 Å². The highest BCUT2D eigenvalue weighted by Crippen LogP contribution is 2.40. The van der Waals surface area contributed by atoms with E-state index >= 15 is 0 Å². The van der Waals surface area contributed by atoms with Gasteiger partial charge in [0.15, 0.2) is 0 Å². The molecule has 0 saturated carbocycles. The van der Waals surface area contributed by atoms with Gasteiger partial charge < -0.3 is 19.9 Å². The lowest BCUT2D eigenvalue weighted by molar-refractivity contribution is -0.384. The second-order valence-corrected chi connectivity index (χ2v) is 7.67. The summed E-state index contributed by atoms with van der Waals surface area (Å²) in [6.07, 6.45) is 2.63. The molecule has 0 spiro atoms. The molecule has 2 rings (SSSR count). The summed E-state index contributed by atoms with van der Waals surface area (Å²) >= 11 is 0. The van der Waals surface area contributed by atoms with E-state index in [9.17, 15) is 24.5 Å². The van der Waals surface area contributed by atoms with Crippen LogP contribution in [-0.4, -0.2) is 41.7 Å². The third-order valence-corrected chi connectivity index (χ3v) is 5.32. The summed E-state index contributed by atoms with van der Waals surface area (Å²) in [7, 11) is 1.22. The van der Waals surface area contributed by atoms with Crippen molar-refractivity contribution in [2.75, 3.05) is 13.7 Å². The molecular formula is C23H28N2O8. The first kappa shape index (κ1) is 25.6. The summed E-state index contributed by atoms with van der Waals surface area (Å²) < 4.78 is 10.4. The minimum atomic E-state index is -0.901. The van der Waals surface area contributed by atoms with Crippen LogP contribution < -0.4 is 5.32 Å². The number of methoxy groups -OCH3 is 1. The zero-order valence-corrected chi connectivity index (χ0v) is 18.9. The molecule has 1 aliphatic rings. The maximum absolute atomic E-state index is 13.0. The van der Waals surface area contributed by atoms with E-state index in [-0.39, 0.29) is 29.9 Å². The summed E-state index contributed by atoms with van der Waals surface area (Å²) in [5.74, 6) is -3.05. The Morgan fingerprint density at radius 3 is 2.30 bits per heavy atom. The van der Waals surface area contributed by atoms with E-state index in [0.717, 1.165) is 0 Å². The van der Waals surface area contributed by atoms with E-state index in [1.165, 1.54) is 25.3 Å². The molecule has 33 heavy (non-hydrogen) atoms. The fraction of sp³-hybridized carbons (Fsp3) is 0.435.